The van der Waals surface area contributed by atoms with Crippen molar-refractivity contribution in [2.45, 2.75) is 31.9 Å². The Kier molecular flexibility index (Phi) is 7.05. The number of aliphatic hydroxyl groups is 1. The average molecular weight is 601 g/mol. The second-order valence-corrected chi connectivity index (χ2v) is 12.1. The van der Waals surface area contributed by atoms with Crippen LogP contribution in [0.25, 0.3) is 49.9 Å². The van der Waals surface area contributed by atoms with Crippen molar-refractivity contribution in [2.24, 2.45) is 0 Å². The van der Waals surface area contributed by atoms with Gasteiger partial charge in [0, 0.05) is 48.7 Å². The summed E-state index contributed by atoms with van der Waals surface area (Å²) in [5.74, 6) is -0.116. The van der Waals surface area contributed by atoms with Crippen molar-refractivity contribution in [1.82, 2.24) is 19.4 Å². The minimum atomic E-state index is -0.500. The number of benzene rings is 3. The lowest BCUT2D eigenvalue weighted by Crippen LogP contribution is -2.35. The lowest BCUT2D eigenvalue weighted by Gasteiger charge is -2.26. The number of fused-ring (bicyclic) bond motifs is 2. The SMILES string of the molecule is O=c1c2c(F)cc(C3CC3)cc2ccn1-c1cccc(-c2ccnc3[nH]c(-c4ccc(CN5CCOCC5)cc4)cc23)c1CO. The highest BCUT2D eigenvalue weighted by atomic mass is 19.1. The van der Waals surface area contributed by atoms with E-state index in [1.165, 1.54) is 16.2 Å². The quantitative estimate of drug-likeness (QED) is 0.217. The van der Waals surface area contributed by atoms with E-state index in [4.69, 9.17) is 4.74 Å². The first-order chi connectivity index (χ1) is 22.1. The summed E-state index contributed by atoms with van der Waals surface area (Å²) in [5, 5.41) is 12.2. The van der Waals surface area contributed by atoms with E-state index in [0.717, 1.165) is 84.7 Å². The molecule has 2 N–H and O–H groups in total. The van der Waals surface area contributed by atoms with Crippen LogP contribution in [-0.2, 0) is 17.9 Å². The van der Waals surface area contributed by atoms with E-state index in [0.29, 0.717) is 22.6 Å². The summed E-state index contributed by atoms with van der Waals surface area (Å²) in [6, 6.07) is 23.4. The lowest BCUT2D eigenvalue weighted by molar-refractivity contribution is 0.0342. The highest BCUT2D eigenvalue weighted by Gasteiger charge is 2.25. The number of hydrogen-bond acceptors (Lipinski definition) is 5. The molecule has 6 aromatic rings. The molecule has 45 heavy (non-hydrogen) atoms. The predicted molar refractivity (Wildman–Crippen MR) is 174 cm³/mol. The standard InChI is InChI=1S/C37H33FN4O3/c38-32-19-27(24-8-9-24)18-26-11-13-42(37(44)35(26)32)34-3-1-2-28(31(34)22-43)29-10-12-39-36-30(29)20-33(40-36)25-6-4-23(5-7-25)21-41-14-16-45-17-15-41/h1-7,10-13,18-20,24,43H,8-9,14-17,21-22H2,(H,39,40). The average Bonchev–Trinajstić information content (AvgIpc) is 3.83. The molecular formula is C37H33FN4O3. The van der Waals surface area contributed by atoms with Gasteiger partial charge in [-0.15, -0.1) is 0 Å². The molecule has 2 aliphatic rings. The molecule has 226 valence electrons. The zero-order chi connectivity index (χ0) is 30.5. The molecule has 8 heteroatoms. The fourth-order valence-corrected chi connectivity index (χ4v) is 6.64. The molecule has 3 aromatic heterocycles. The molecule has 0 unspecified atom stereocenters. The van der Waals surface area contributed by atoms with Gasteiger partial charge in [-0.2, -0.15) is 0 Å². The molecule has 8 rings (SSSR count). The number of aromatic nitrogens is 3. The van der Waals surface area contributed by atoms with Gasteiger partial charge in [0.25, 0.3) is 5.56 Å². The van der Waals surface area contributed by atoms with E-state index in [1.54, 1.807) is 24.5 Å². The lowest BCUT2D eigenvalue weighted by atomic mass is 9.96. The predicted octanol–water partition coefficient (Wildman–Crippen LogP) is 6.54. The number of rotatable bonds is 7. The maximum absolute atomic E-state index is 15.3. The Bertz CT molecular complexity index is 2110. The maximum atomic E-state index is 15.3. The molecule has 1 saturated carbocycles. The van der Waals surface area contributed by atoms with Crippen LogP contribution >= 0.6 is 0 Å². The minimum Gasteiger partial charge on any atom is -0.392 e. The summed E-state index contributed by atoms with van der Waals surface area (Å²) in [4.78, 5) is 24.1. The zero-order valence-corrected chi connectivity index (χ0v) is 24.8. The number of morpholine rings is 1. The van der Waals surface area contributed by atoms with Crippen LogP contribution in [0.3, 0.4) is 0 Å². The molecule has 7 nitrogen and oxygen atoms in total. The Morgan fingerprint density at radius 1 is 0.978 bits per heavy atom. The summed E-state index contributed by atoms with van der Waals surface area (Å²) in [6.07, 6.45) is 5.53. The number of pyridine rings is 2. The van der Waals surface area contributed by atoms with Crippen LogP contribution in [0, 0.1) is 5.82 Å². The Morgan fingerprint density at radius 2 is 1.80 bits per heavy atom. The minimum absolute atomic E-state index is 0.0636. The monoisotopic (exact) mass is 600 g/mol. The van der Waals surface area contributed by atoms with Crippen molar-refractivity contribution in [3.8, 4) is 28.1 Å². The van der Waals surface area contributed by atoms with E-state index in [1.807, 2.05) is 24.3 Å². The number of nitrogens with zero attached hydrogens (tertiary/aromatic N) is 3. The first-order valence-electron chi connectivity index (χ1n) is 15.5. The molecule has 3 aromatic carbocycles. The van der Waals surface area contributed by atoms with Crippen molar-refractivity contribution in [1.29, 1.82) is 0 Å². The molecular weight excluding hydrogens is 567 g/mol. The van der Waals surface area contributed by atoms with Crippen LogP contribution in [0.2, 0.25) is 0 Å². The molecule has 2 fully saturated rings. The van der Waals surface area contributed by atoms with Crippen LogP contribution in [0.4, 0.5) is 4.39 Å². The third-order valence-corrected chi connectivity index (χ3v) is 9.19. The van der Waals surface area contributed by atoms with Crippen LogP contribution in [0.1, 0.15) is 35.4 Å². The second-order valence-electron chi connectivity index (χ2n) is 12.1. The fourth-order valence-electron chi connectivity index (χ4n) is 6.64. The molecule has 0 bridgehead atoms. The molecule has 0 atom stereocenters. The third kappa shape index (κ3) is 5.15. The Labute approximate surface area is 259 Å². The van der Waals surface area contributed by atoms with Gasteiger partial charge in [-0.25, -0.2) is 9.37 Å². The van der Waals surface area contributed by atoms with Crippen molar-refractivity contribution in [3.05, 3.63) is 118 Å². The first-order valence-corrected chi connectivity index (χ1v) is 15.5. The molecule has 4 heterocycles. The largest absolute Gasteiger partial charge is 0.392 e. The smallest absolute Gasteiger partial charge is 0.265 e. The summed E-state index contributed by atoms with van der Waals surface area (Å²) in [6.45, 7) is 4.05. The molecule has 0 radical (unpaired) electrons. The van der Waals surface area contributed by atoms with E-state index in [2.05, 4.69) is 45.2 Å². The van der Waals surface area contributed by atoms with Crippen LogP contribution in [0.5, 0.6) is 0 Å². The van der Waals surface area contributed by atoms with Crippen molar-refractivity contribution < 1.29 is 14.2 Å². The van der Waals surface area contributed by atoms with Gasteiger partial charge in [-0.05, 0) is 82.3 Å². The normalized spacial score (nSPS) is 15.7. The number of halogens is 1. The van der Waals surface area contributed by atoms with Crippen molar-refractivity contribution in [3.63, 3.8) is 0 Å². The van der Waals surface area contributed by atoms with E-state index < -0.39 is 11.4 Å². The number of nitrogens with one attached hydrogen (secondary N) is 1. The maximum Gasteiger partial charge on any atom is 0.265 e. The van der Waals surface area contributed by atoms with Gasteiger partial charge in [-0.1, -0.05) is 42.5 Å². The molecule has 0 spiro atoms. The number of aliphatic hydroxyl groups excluding tert-OH is 1. The van der Waals surface area contributed by atoms with Gasteiger partial charge in [0.05, 0.1) is 30.9 Å². The number of aromatic amines is 1. The zero-order valence-electron chi connectivity index (χ0n) is 24.8. The Hall–Kier alpha value is -4.63. The number of ether oxygens (including phenoxy) is 1. The van der Waals surface area contributed by atoms with Crippen molar-refractivity contribution in [2.75, 3.05) is 26.3 Å². The van der Waals surface area contributed by atoms with E-state index >= 15 is 4.39 Å². The van der Waals surface area contributed by atoms with Gasteiger partial charge in [0.2, 0.25) is 0 Å². The van der Waals surface area contributed by atoms with E-state index in [9.17, 15) is 9.90 Å². The number of H-pyrrole nitrogens is 1. The van der Waals surface area contributed by atoms with Gasteiger partial charge < -0.3 is 14.8 Å². The fraction of sp³-hybridized carbons (Fsp3) is 0.243. The molecule has 1 saturated heterocycles. The highest BCUT2D eigenvalue weighted by molar-refractivity contribution is 5.97. The second kappa shape index (κ2) is 11.4. The third-order valence-electron chi connectivity index (χ3n) is 9.19. The Morgan fingerprint density at radius 3 is 2.58 bits per heavy atom. The molecule has 1 aliphatic heterocycles. The number of hydrogen-bond donors (Lipinski definition) is 2. The first kappa shape index (κ1) is 27.9. The summed E-state index contributed by atoms with van der Waals surface area (Å²) >= 11 is 0. The summed E-state index contributed by atoms with van der Waals surface area (Å²) in [7, 11) is 0. The topological polar surface area (TPSA) is 83.4 Å². The Balaban J connectivity index is 1.17. The summed E-state index contributed by atoms with van der Waals surface area (Å²) in [5.41, 5.74) is 7.24. The van der Waals surface area contributed by atoms with Crippen LogP contribution < -0.4 is 5.56 Å². The van der Waals surface area contributed by atoms with Crippen molar-refractivity contribution >= 4 is 21.8 Å². The molecule has 1 aliphatic carbocycles. The molecule has 0 amide bonds. The van der Waals surface area contributed by atoms with Gasteiger partial charge in [0.1, 0.15) is 11.5 Å². The van der Waals surface area contributed by atoms with Crippen LogP contribution in [-0.4, -0.2) is 50.8 Å². The van der Waals surface area contributed by atoms with Gasteiger partial charge >= 0.3 is 0 Å². The summed E-state index contributed by atoms with van der Waals surface area (Å²) < 4.78 is 22.2. The van der Waals surface area contributed by atoms with Gasteiger partial charge in [-0.3, -0.25) is 14.3 Å². The highest BCUT2D eigenvalue weighted by Crippen LogP contribution is 2.41. The van der Waals surface area contributed by atoms with Crippen LogP contribution in [0.15, 0.2) is 90.0 Å². The van der Waals surface area contributed by atoms with Gasteiger partial charge in [0.15, 0.2) is 0 Å². The van der Waals surface area contributed by atoms with E-state index in [-0.39, 0.29) is 12.0 Å².